The molecule has 0 radical (unpaired) electrons. The summed E-state index contributed by atoms with van der Waals surface area (Å²) in [5.74, 6) is 0.605. The van der Waals surface area contributed by atoms with Crippen molar-refractivity contribution >= 4 is 0 Å². The molecule has 96 valence electrons. The van der Waals surface area contributed by atoms with Crippen molar-refractivity contribution < 1.29 is 0 Å². The summed E-state index contributed by atoms with van der Waals surface area (Å²) in [6.45, 7) is 7.29. The van der Waals surface area contributed by atoms with E-state index in [0.29, 0.717) is 5.92 Å². The van der Waals surface area contributed by atoms with E-state index in [4.69, 9.17) is 0 Å². The Morgan fingerprint density at radius 1 is 1.22 bits per heavy atom. The van der Waals surface area contributed by atoms with Gasteiger partial charge in [-0.2, -0.15) is 0 Å². The van der Waals surface area contributed by atoms with E-state index in [1.165, 1.54) is 11.1 Å². The van der Waals surface area contributed by atoms with Crippen LogP contribution >= 0.6 is 0 Å². The maximum atomic E-state index is 4.02. The number of nitrogens with zero attached hydrogens (tertiary/aromatic N) is 2. The molecule has 0 atom stereocenters. The van der Waals surface area contributed by atoms with Crippen molar-refractivity contribution in [2.75, 3.05) is 6.54 Å². The van der Waals surface area contributed by atoms with Crippen molar-refractivity contribution in [1.29, 1.82) is 0 Å². The molecule has 1 aromatic heterocycles. The Hall–Kier alpha value is -1.61. The number of nitrogens with one attached hydrogen (secondary N) is 1. The van der Waals surface area contributed by atoms with Crippen LogP contribution in [0.5, 0.6) is 0 Å². The van der Waals surface area contributed by atoms with Crippen molar-refractivity contribution in [2.24, 2.45) is 0 Å². The quantitative estimate of drug-likeness (QED) is 0.791. The van der Waals surface area contributed by atoms with Gasteiger partial charge < -0.3 is 9.88 Å². The molecule has 0 spiro atoms. The molecule has 1 N–H and O–H groups in total. The zero-order chi connectivity index (χ0) is 12.8. The van der Waals surface area contributed by atoms with Gasteiger partial charge in [0, 0.05) is 32.0 Å². The van der Waals surface area contributed by atoms with Gasteiger partial charge in [0.15, 0.2) is 0 Å². The summed E-state index contributed by atoms with van der Waals surface area (Å²) in [6, 6.07) is 8.86. The number of benzene rings is 1. The van der Waals surface area contributed by atoms with Gasteiger partial charge in [0.2, 0.25) is 0 Å². The van der Waals surface area contributed by atoms with Crippen LogP contribution in [0.25, 0.3) is 0 Å². The lowest BCUT2D eigenvalue weighted by Gasteiger charge is -2.08. The molecule has 0 aliphatic rings. The van der Waals surface area contributed by atoms with Gasteiger partial charge in [-0.05, 0) is 17.0 Å². The highest BCUT2D eigenvalue weighted by Gasteiger charge is 1.98. The van der Waals surface area contributed by atoms with E-state index in [-0.39, 0.29) is 0 Å². The lowest BCUT2D eigenvalue weighted by molar-refractivity contribution is 0.597. The molecule has 0 amide bonds. The fraction of sp³-hybridized carbons (Fsp3) is 0.400. The van der Waals surface area contributed by atoms with E-state index in [9.17, 15) is 0 Å². The van der Waals surface area contributed by atoms with Gasteiger partial charge in [-0.1, -0.05) is 38.1 Å². The smallest absolute Gasteiger partial charge is 0.0946 e. The zero-order valence-corrected chi connectivity index (χ0v) is 11.1. The van der Waals surface area contributed by atoms with Crippen LogP contribution < -0.4 is 5.32 Å². The highest BCUT2D eigenvalue weighted by atomic mass is 15.0. The van der Waals surface area contributed by atoms with E-state index >= 15 is 0 Å². The summed E-state index contributed by atoms with van der Waals surface area (Å²) in [5, 5.41) is 3.44. The predicted molar refractivity (Wildman–Crippen MR) is 74.5 cm³/mol. The average molecular weight is 243 g/mol. The predicted octanol–water partition coefficient (Wildman–Crippen LogP) is 2.80. The molecule has 3 heteroatoms. The lowest BCUT2D eigenvalue weighted by atomic mass is 10.0. The third kappa shape index (κ3) is 3.70. The molecule has 1 aromatic carbocycles. The highest BCUT2D eigenvalue weighted by Crippen LogP contribution is 2.14. The lowest BCUT2D eigenvalue weighted by Crippen LogP contribution is -2.18. The van der Waals surface area contributed by atoms with Crippen LogP contribution in [0.3, 0.4) is 0 Å². The van der Waals surface area contributed by atoms with Crippen molar-refractivity contribution in [2.45, 2.75) is 32.9 Å². The second-order valence-corrected chi connectivity index (χ2v) is 4.87. The maximum absolute atomic E-state index is 4.02. The summed E-state index contributed by atoms with van der Waals surface area (Å²) in [7, 11) is 0. The molecule has 2 rings (SSSR count). The number of imidazole rings is 1. The standard InChI is InChI=1S/C15H21N3/c1-13(2)15-5-3-14(4-6-15)11-16-7-9-18-10-8-17-12-18/h3-6,8,10,12-13,16H,7,9,11H2,1-2H3. The van der Waals surface area contributed by atoms with Gasteiger partial charge >= 0.3 is 0 Å². The first-order valence-electron chi connectivity index (χ1n) is 6.51. The van der Waals surface area contributed by atoms with E-state index in [1.807, 2.05) is 18.7 Å². The molecule has 0 saturated carbocycles. The summed E-state index contributed by atoms with van der Waals surface area (Å²) in [5.41, 5.74) is 2.74. The second-order valence-electron chi connectivity index (χ2n) is 4.87. The Morgan fingerprint density at radius 3 is 2.61 bits per heavy atom. The molecular formula is C15H21N3. The molecule has 0 fully saturated rings. The van der Waals surface area contributed by atoms with Crippen molar-refractivity contribution in [3.63, 3.8) is 0 Å². The number of aromatic nitrogens is 2. The van der Waals surface area contributed by atoms with Crippen molar-refractivity contribution in [3.8, 4) is 0 Å². The highest BCUT2D eigenvalue weighted by molar-refractivity contribution is 5.24. The van der Waals surface area contributed by atoms with Crippen molar-refractivity contribution in [1.82, 2.24) is 14.9 Å². The number of hydrogen-bond acceptors (Lipinski definition) is 2. The van der Waals surface area contributed by atoms with Crippen LogP contribution in [0.15, 0.2) is 43.0 Å². The molecule has 18 heavy (non-hydrogen) atoms. The molecule has 0 bridgehead atoms. The summed E-state index contributed by atoms with van der Waals surface area (Å²) in [4.78, 5) is 4.02. The Bertz CT molecular complexity index is 443. The molecule has 0 unspecified atom stereocenters. The fourth-order valence-corrected chi connectivity index (χ4v) is 1.88. The summed E-state index contributed by atoms with van der Waals surface area (Å²) >= 11 is 0. The fourth-order valence-electron chi connectivity index (χ4n) is 1.88. The van der Waals surface area contributed by atoms with Gasteiger partial charge in [0.25, 0.3) is 0 Å². The summed E-state index contributed by atoms with van der Waals surface area (Å²) in [6.07, 6.45) is 5.64. The molecule has 0 aliphatic carbocycles. The van der Waals surface area contributed by atoms with Crippen LogP contribution in [0, 0.1) is 0 Å². The molecule has 2 aromatic rings. The number of hydrogen-bond donors (Lipinski definition) is 1. The first-order chi connectivity index (χ1) is 8.75. The van der Waals surface area contributed by atoms with Crippen LogP contribution in [-0.2, 0) is 13.1 Å². The van der Waals surface area contributed by atoms with Gasteiger partial charge in [-0.25, -0.2) is 4.98 Å². The zero-order valence-electron chi connectivity index (χ0n) is 11.1. The largest absolute Gasteiger partial charge is 0.336 e. The van der Waals surface area contributed by atoms with E-state index < -0.39 is 0 Å². The first-order valence-corrected chi connectivity index (χ1v) is 6.51. The molecule has 3 nitrogen and oxygen atoms in total. The molecular weight excluding hydrogens is 222 g/mol. The number of rotatable bonds is 6. The molecule has 0 saturated heterocycles. The monoisotopic (exact) mass is 243 g/mol. The Morgan fingerprint density at radius 2 is 2.00 bits per heavy atom. The second kappa shape index (κ2) is 6.36. The van der Waals surface area contributed by atoms with Gasteiger partial charge in [-0.3, -0.25) is 0 Å². The molecule has 0 aliphatic heterocycles. The van der Waals surface area contributed by atoms with E-state index in [1.54, 1.807) is 0 Å². The SMILES string of the molecule is CC(C)c1ccc(CNCCn2ccnc2)cc1. The van der Waals surface area contributed by atoms with Crippen LogP contribution in [0.1, 0.15) is 30.9 Å². The Balaban J connectivity index is 1.73. The third-order valence-electron chi connectivity index (χ3n) is 3.08. The molecule has 1 heterocycles. The van der Waals surface area contributed by atoms with E-state index in [0.717, 1.165) is 19.6 Å². The summed E-state index contributed by atoms with van der Waals surface area (Å²) < 4.78 is 2.08. The Labute approximate surface area is 109 Å². The van der Waals surface area contributed by atoms with E-state index in [2.05, 4.69) is 53.0 Å². The van der Waals surface area contributed by atoms with Crippen LogP contribution in [-0.4, -0.2) is 16.1 Å². The van der Waals surface area contributed by atoms with Gasteiger partial charge in [0.05, 0.1) is 6.33 Å². The maximum Gasteiger partial charge on any atom is 0.0946 e. The minimum Gasteiger partial charge on any atom is -0.336 e. The first kappa shape index (κ1) is 12.8. The van der Waals surface area contributed by atoms with Crippen LogP contribution in [0.2, 0.25) is 0 Å². The normalized spacial score (nSPS) is 11.1. The minimum absolute atomic E-state index is 0.605. The average Bonchev–Trinajstić information content (AvgIpc) is 2.88. The van der Waals surface area contributed by atoms with Crippen LogP contribution in [0.4, 0.5) is 0 Å². The van der Waals surface area contributed by atoms with Crippen molar-refractivity contribution in [3.05, 3.63) is 54.1 Å². The topological polar surface area (TPSA) is 29.9 Å². The third-order valence-corrected chi connectivity index (χ3v) is 3.08. The minimum atomic E-state index is 0.605. The Kier molecular flexibility index (Phi) is 4.53. The van der Waals surface area contributed by atoms with Gasteiger partial charge in [-0.15, -0.1) is 0 Å². The van der Waals surface area contributed by atoms with Gasteiger partial charge in [0.1, 0.15) is 0 Å².